The van der Waals surface area contributed by atoms with Crippen LogP contribution in [0.3, 0.4) is 0 Å². The maximum absolute atomic E-state index is 13.9. The zero-order valence-corrected chi connectivity index (χ0v) is 13.9. The number of thioether (sulfide) groups is 1. The largest absolute Gasteiger partial charge is 0.337 e. The quantitative estimate of drug-likeness (QED) is 0.833. The maximum Gasteiger partial charge on any atom is 0.265 e. The molecule has 2 aromatic rings. The Balaban J connectivity index is 1.72. The van der Waals surface area contributed by atoms with E-state index in [1.54, 1.807) is 23.3 Å². The molecule has 116 valence electrons. The molecule has 0 bridgehead atoms. The fraction of sp³-hybridized carbons (Fsp3) is 0.375. The number of aryl methyl sites for hydroxylation is 1. The Kier molecular flexibility index (Phi) is 4.78. The lowest BCUT2D eigenvalue weighted by Gasteiger charge is -2.20. The first-order valence-electron chi connectivity index (χ1n) is 7.22. The summed E-state index contributed by atoms with van der Waals surface area (Å²) in [4.78, 5) is 19.3. The molecule has 0 N–H and O–H groups in total. The zero-order valence-electron chi connectivity index (χ0n) is 12.3. The summed E-state index contributed by atoms with van der Waals surface area (Å²) in [5.74, 6) is 0.718. The molecule has 2 heterocycles. The number of halogens is 1. The zero-order chi connectivity index (χ0) is 15.5. The Hall–Kier alpha value is -1.40. The fourth-order valence-electron chi connectivity index (χ4n) is 2.61. The van der Waals surface area contributed by atoms with Crippen LogP contribution in [-0.2, 0) is 0 Å². The number of rotatable bonds is 2. The number of thiazole rings is 1. The average Bonchev–Trinajstić information content (AvgIpc) is 2.80. The number of aromatic nitrogens is 1. The van der Waals surface area contributed by atoms with E-state index in [0.717, 1.165) is 23.4 Å². The molecular formula is C16H17FN2OS2. The highest BCUT2D eigenvalue weighted by Gasteiger charge is 2.25. The molecule has 1 saturated heterocycles. The monoisotopic (exact) mass is 336 g/mol. The second kappa shape index (κ2) is 6.79. The van der Waals surface area contributed by atoms with Crippen molar-refractivity contribution in [2.45, 2.75) is 18.6 Å². The van der Waals surface area contributed by atoms with Gasteiger partial charge in [-0.25, -0.2) is 9.37 Å². The van der Waals surface area contributed by atoms with E-state index in [-0.39, 0.29) is 17.0 Å². The number of hydrogen-bond donors (Lipinski definition) is 0. The van der Waals surface area contributed by atoms with Gasteiger partial charge in [-0.1, -0.05) is 18.2 Å². The van der Waals surface area contributed by atoms with Gasteiger partial charge < -0.3 is 4.90 Å². The third kappa shape index (κ3) is 3.17. The molecule has 0 spiro atoms. The molecule has 0 unspecified atom stereocenters. The predicted octanol–water partition coefficient (Wildman–Crippen LogP) is 3.91. The maximum atomic E-state index is 13.9. The molecule has 1 aliphatic rings. The second-order valence-electron chi connectivity index (χ2n) is 5.23. The van der Waals surface area contributed by atoms with Crippen molar-refractivity contribution in [3.63, 3.8) is 0 Å². The fourth-order valence-corrected chi connectivity index (χ4v) is 4.63. The predicted molar refractivity (Wildman–Crippen MR) is 89.0 cm³/mol. The van der Waals surface area contributed by atoms with Gasteiger partial charge in [-0.05, 0) is 19.4 Å². The normalized spacial score (nSPS) is 19.0. The van der Waals surface area contributed by atoms with Crippen LogP contribution in [0.2, 0.25) is 0 Å². The molecule has 0 radical (unpaired) electrons. The molecule has 1 fully saturated rings. The van der Waals surface area contributed by atoms with Crippen molar-refractivity contribution in [3.8, 4) is 0 Å². The van der Waals surface area contributed by atoms with Crippen LogP contribution in [0.15, 0.2) is 29.8 Å². The topological polar surface area (TPSA) is 33.2 Å². The first kappa shape index (κ1) is 15.5. The molecule has 3 nitrogen and oxygen atoms in total. The Bertz CT molecular complexity index is 674. The molecule has 1 amide bonds. The lowest BCUT2D eigenvalue weighted by molar-refractivity contribution is 0.0770. The number of amides is 1. The minimum Gasteiger partial charge on any atom is -0.337 e. The molecule has 6 heteroatoms. The highest BCUT2D eigenvalue weighted by molar-refractivity contribution is 7.99. The van der Waals surface area contributed by atoms with Gasteiger partial charge in [0.15, 0.2) is 0 Å². The van der Waals surface area contributed by atoms with E-state index in [2.05, 4.69) is 4.98 Å². The molecule has 3 rings (SSSR count). The van der Waals surface area contributed by atoms with E-state index in [1.165, 1.54) is 17.4 Å². The Labute approximate surface area is 137 Å². The summed E-state index contributed by atoms with van der Waals surface area (Å²) < 4.78 is 13.9. The lowest BCUT2D eigenvalue weighted by Crippen LogP contribution is -2.32. The minimum atomic E-state index is -0.155. The molecule has 1 aromatic carbocycles. The summed E-state index contributed by atoms with van der Waals surface area (Å²) in [5, 5.41) is 0.113. The minimum absolute atomic E-state index is 0.0507. The molecule has 1 atom stereocenters. The smallest absolute Gasteiger partial charge is 0.265 e. The van der Waals surface area contributed by atoms with Crippen LogP contribution in [0.4, 0.5) is 4.39 Å². The van der Waals surface area contributed by atoms with Crippen LogP contribution in [-0.4, -0.2) is 34.6 Å². The van der Waals surface area contributed by atoms with Gasteiger partial charge in [0, 0.05) is 29.7 Å². The first-order valence-corrected chi connectivity index (χ1v) is 9.15. The Morgan fingerprint density at radius 3 is 2.91 bits per heavy atom. The van der Waals surface area contributed by atoms with Gasteiger partial charge in [0.05, 0.1) is 11.2 Å². The number of carbonyl (C=O) groups excluding carboxylic acids is 1. The average molecular weight is 336 g/mol. The molecule has 1 aromatic heterocycles. The van der Waals surface area contributed by atoms with Gasteiger partial charge in [-0.2, -0.15) is 11.8 Å². The summed E-state index contributed by atoms with van der Waals surface area (Å²) in [7, 11) is 0. The summed E-state index contributed by atoms with van der Waals surface area (Å²) >= 11 is 3.12. The van der Waals surface area contributed by atoms with Crippen molar-refractivity contribution in [2.75, 3.05) is 18.8 Å². The molecule has 22 heavy (non-hydrogen) atoms. The standard InChI is InChI=1S/C16H17FN2OS2/c1-11-15(22-10-18-11)16(20)19-7-6-14(21-9-8-19)12-4-2-3-5-13(12)17/h2-5,10,14H,6-9H2,1H3/t14-/m1/s1. The van der Waals surface area contributed by atoms with Gasteiger partial charge in [-0.15, -0.1) is 11.3 Å². The Morgan fingerprint density at radius 2 is 2.18 bits per heavy atom. The number of benzene rings is 1. The third-order valence-electron chi connectivity index (χ3n) is 3.82. The second-order valence-corrected chi connectivity index (χ2v) is 7.39. The number of hydrogen-bond acceptors (Lipinski definition) is 4. The van der Waals surface area contributed by atoms with Gasteiger partial charge >= 0.3 is 0 Å². The SMILES string of the molecule is Cc1ncsc1C(=O)N1CCS[C@@H](c2ccccc2F)CC1. The summed E-state index contributed by atoms with van der Waals surface area (Å²) in [6.45, 7) is 3.21. The first-order chi connectivity index (χ1) is 10.7. The van der Waals surface area contributed by atoms with Crippen LogP contribution >= 0.6 is 23.1 Å². The van der Waals surface area contributed by atoms with E-state index in [4.69, 9.17) is 0 Å². The van der Waals surface area contributed by atoms with Gasteiger partial charge in [0.25, 0.3) is 5.91 Å². The molecule has 1 aliphatic heterocycles. The Morgan fingerprint density at radius 1 is 1.36 bits per heavy atom. The van der Waals surface area contributed by atoms with Crippen LogP contribution < -0.4 is 0 Å². The molecular weight excluding hydrogens is 319 g/mol. The van der Waals surface area contributed by atoms with E-state index in [0.29, 0.717) is 18.0 Å². The van der Waals surface area contributed by atoms with E-state index in [9.17, 15) is 9.18 Å². The van der Waals surface area contributed by atoms with Gasteiger partial charge in [0.2, 0.25) is 0 Å². The summed E-state index contributed by atoms with van der Waals surface area (Å²) in [5.41, 5.74) is 3.24. The van der Waals surface area contributed by atoms with Crippen molar-refractivity contribution >= 4 is 29.0 Å². The van der Waals surface area contributed by atoms with Gasteiger partial charge in [-0.3, -0.25) is 4.79 Å². The van der Waals surface area contributed by atoms with Crippen molar-refractivity contribution in [1.29, 1.82) is 0 Å². The van der Waals surface area contributed by atoms with Crippen LogP contribution in [0, 0.1) is 12.7 Å². The van der Waals surface area contributed by atoms with Crippen molar-refractivity contribution in [3.05, 3.63) is 51.7 Å². The van der Waals surface area contributed by atoms with Crippen LogP contribution in [0.5, 0.6) is 0 Å². The van der Waals surface area contributed by atoms with Crippen LogP contribution in [0.25, 0.3) is 0 Å². The molecule has 0 saturated carbocycles. The summed E-state index contributed by atoms with van der Waals surface area (Å²) in [6.07, 6.45) is 0.773. The van der Waals surface area contributed by atoms with Gasteiger partial charge in [0.1, 0.15) is 10.7 Å². The van der Waals surface area contributed by atoms with E-state index in [1.807, 2.05) is 24.0 Å². The van der Waals surface area contributed by atoms with Crippen molar-refractivity contribution < 1.29 is 9.18 Å². The van der Waals surface area contributed by atoms with Crippen molar-refractivity contribution in [2.24, 2.45) is 0 Å². The summed E-state index contributed by atoms with van der Waals surface area (Å²) in [6, 6.07) is 6.93. The number of nitrogens with zero attached hydrogens (tertiary/aromatic N) is 2. The van der Waals surface area contributed by atoms with E-state index >= 15 is 0 Å². The van der Waals surface area contributed by atoms with E-state index < -0.39 is 0 Å². The third-order valence-corrected chi connectivity index (χ3v) is 6.05. The molecule has 0 aliphatic carbocycles. The van der Waals surface area contributed by atoms with Crippen molar-refractivity contribution in [1.82, 2.24) is 9.88 Å². The van der Waals surface area contributed by atoms with Crippen LogP contribution in [0.1, 0.15) is 32.6 Å². The highest BCUT2D eigenvalue weighted by atomic mass is 32.2. The number of carbonyl (C=O) groups is 1. The lowest BCUT2D eigenvalue weighted by atomic mass is 10.1. The highest BCUT2D eigenvalue weighted by Crippen LogP contribution is 2.36.